The van der Waals surface area contributed by atoms with E-state index in [1.807, 2.05) is 30.3 Å². The van der Waals surface area contributed by atoms with Gasteiger partial charge < -0.3 is 14.5 Å². The smallest absolute Gasteiger partial charge is 0.290 e. The van der Waals surface area contributed by atoms with Crippen LogP contribution in [-0.4, -0.2) is 0 Å². The van der Waals surface area contributed by atoms with Gasteiger partial charge in [-0.1, -0.05) is 65.5 Å². The maximum absolute atomic E-state index is 6.24. The summed E-state index contributed by atoms with van der Waals surface area (Å²) < 4.78 is 12.2. The summed E-state index contributed by atoms with van der Waals surface area (Å²) >= 11 is 0. The Kier molecular flexibility index (Phi) is 5.70. The molecule has 0 spiro atoms. The summed E-state index contributed by atoms with van der Waals surface area (Å²) in [5.41, 5.74) is 7.02. The van der Waals surface area contributed by atoms with E-state index >= 15 is 0 Å². The predicted molar refractivity (Wildman–Crippen MR) is 134 cm³/mol. The Morgan fingerprint density at radius 3 is 2.47 bits per heavy atom. The Bertz CT molecular complexity index is 1150. The van der Waals surface area contributed by atoms with Crippen LogP contribution >= 0.6 is 0 Å². The topological polar surface area (TPSA) is 34.4 Å². The average molecular weight is 430 g/mol. The fraction of sp³-hybridized carbons (Fsp3) is 0.379. The predicted octanol–water partition coefficient (Wildman–Crippen LogP) is 8.44. The maximum atomic E-state index is 6.24. The highest BCUT2D eigenvalue weighted by Crippen LogP contribution is 2.54. The van der Waals surface area contributed by atoms with E-state index in [1.54, 1.807) is 0 Å². The molecule has 1 aromatic heterocycles. The van der Waals surface area contributed by atoms with Crippen molar-refractivity contribution in [2.45, 2.75) is 59.8 Å². The van der Waals surface area contributed by atoms with Gasteiger partial charge in [-0.2, -0.15) is 0 Å². The van der Waals surface area contributed by atoms with Crippen molar-refractivity contribution in [2.75, 3.05) is 5.32 Å². The molecule has 0 fully saturated rings. The summed E-state index contributed by atoms with van der Waals surface area (Å²) in [6.45, 7) is 20.1. The first-order valence-electron chi connectivity index (χ1n) is 11.5. The third kappa shape index (κ3) is 3.85. The number of nitrogens with one attached hydrogen (secondary N) is 1. The van der Waals surface area contributed by atoms with Crippen molar-refractivity contribution in [3.63, 3.8) is 0 Å². The van der Waals surface area contributed by atoms with Gasteiger partial charge in [0.2, 0.25) is 0 Å². The maximum Gasteiger partial charge on any atom is 0.290 e. The van der Waals surface area contributed by atoms with Crippen LogP contribution < -0.4 is 10.1 Å². The van der Waals surface area contributed by atoms with Crippen LogP contribution in [0.15, 0.2) is 59.5 Å². The monoisotopic (exact) mass is 429 g/mol. The van der Waals surface area contributed by atoms with Crippen LogP contribution in [0.3, 0.4) is 0 Å². The number of benzene rings is 2. The van der Waals surface area contributed by atoms with E-state index in [0.29, 0.717) is 35.2 Å². The molecule has 2 atom stereocenters. The van der Waals surface area contributed by atoms with E-state index in [0.717, 1.165) is 22.6 Å². The standard InChI is InChI=1S/C29H35NO2/c1-17(2)28-20(5)29(7,8)23-15-19(4)26(16-22(23)28)32-27-14-13-25(31-27)21(6)30-24-12-10-9-11-18(24)3/h9-17,20,28,30H,6H2,1-5,7-8H3. The molecule has 32 heavy (non-hydrogen) atoms. The molecule has 2 unspecified atom stereocenters. The molecule has 0 saturated heterocycles. The molecule has 0 bridgehead atoms. The third-order valence-electron chi connectivity index (χ3n) is 7.32. The van der Waals surface area contributed by atoms with E-state index in [1.165, 1.54) is 11.1 Å². The highest BCUT2D eigenvalue weighted by atomic mass is 16.6. The summed E-state index contributed by atoms with van der Waals surface area (Å²) in [6, 6.07) is 16.4. The zero-order valence-corrected chi connectivity index (χ0v) is 20.4. The molecule has 168 valence electrons. The summed E-state index contributed by atoms with van der Waals surface area (Å²) in [5, 5.41) is 3.34. The van der Waals surface area contributed by atoms with Gasteiger partial charge in [-0.15, -0.1) is 0 Å². The molecule has 3 nitrogen and oxygen atoms in total. The molecule has 3 heteroatoms. The first kappa shape index (κ1) is 22.3. The fourth-order valence-electron chi connectivity index (χ4n) is 5.13. The number of rotatable bonds is 6. The van der Waals surface area contributed by atoms with E-state index in [-0.39, 0.29) is 5.41 Å². The van der Waals surface area contributed by atoms with Crippen LogP contribution in [0.4, 0.5) is 5.69 Å². The number of furan rings is 1. The molecule has 0 aliphatic heterocycles. The summed E-state index contributed by atoms with van der Waals surface area (Å²) in [6.07, 6.45) is 0. The lowest BCUT2D eigenvalue weighted by Crippen LogP contribution is -2.25. The highest BCUT2D eigenvalue weighted by Gasteiger charge is 2.45. The number of ether oxygens (including phenoxy) is 1. The Labute approximate surface area is 192 Å². The largest absolute Gasteiger partial charge is 0.426 e. The Balaban J connectivity index is 1.58. The van der Waals surface area contributed by atoms with Crippen molar-refractivity contribution < 1.29 is 9.15 Å². The first-order valence-corrected chi connectivity index (χ1v) is 11.5. The minimum absolute atomic E-state index is 0.157. The summed E-state index contributed by atoms with van der Waals surface area (Å²) in [7, 11) is 0. The van der Waals surface area contributed by atoms with Crippen LogP contribution in [0, 0.1) is 25.7 Å². The second-order valence-corrected chi connectivity index (χ2v) is 10.1. The normalized spacial score (nSPS) is 19.1. The van der Waals surface area contributed by atoms with Gasteiger partial charge in [-0.05, 0) is 77.5 Å². The second-order valence-electron chi connectivity index (χ2n) is 10.1. The second kappa shape index (κ2) is 8.20. The lowest BCUT2D eigenvalue weighted by Gasteiger charge is -2.30. The molecule has 4 rings (SSSR count). The van der Waals surface area contributed by atoms with Gasteiger partial charge in [0.1, 0.15) is 5.75 Å². The van der Waals surface area contributed by atoms with Gasteiger partial charge in [-0.25, -0.2) is 0 Å². The zero-order valence-electron chi connectivity index (χ0n) is 20.4. The van der Waals surface area contributed by atoms with Crippen LogP contribution in [0.5, 0.6) is 11.7 Å². The van der Waals surface area contributed by atoms with Crippen molar-refractivity contribution in [3.05, 3.63) is 83.1 Å². The molecule has 0 saturated carbocycles. The van der Waals surface area contributed by atoms with Crippen molar-refractivity contribution in [1.82, 2.24) is 0 Å². The average Bonchev–Trinajstić information content (AvgIpc) is 3.26. The van der Waals surface area contributed by atoms with Gasteiger partial charge >= 0.3 is 0 Å². The van der Waals surface area contributed by atoms with Gasteiger partial charge in [0, 0.05) is 11.8 Å². The van der Waals surface area contributed by atoms with Crippen molar-refractivity contribution >= 4 is 11.4 Å². The van der Waals surface area contributed by atoms with Gasteiger partial charge in [0.15, 0.2) is 5.76 Å². The molecule has 1 aliphatic rings. The van der Waals surface area contributed by atoms with E-state index in [9.17, 15) is 0 Å². The zero-order chi connectivity index (χ0) is 23.2. The fourth-order valence-corrected chi connectivity index (χ4v) is 5.13. The van der Waals surface area contributed by atoms with E-state index in [2.05, 4.69) is 78.6 Å². The third-order valence-corrected chi connectivity index (χ3v) is 7.32. The Morgan fingerprint density at radius 2 is 1.78 bits per heavy atom. The lowest BCUT2D eigenvalue weighted by atomic mass is 9.74. The summed E-state index contributed by atoms with van der Waals surface area (Å²) in [5.74, 6) is 3.68. The minimum Gasteiger partial charge on any atom is -0.426 e. The van der Waals surface area contributed by atoms with Gasteiger partial charge in [0.25, 0.3) is 5.95 Å². The molecule has 1 aliphatic carbocycles. The van der Waals surface area contributed by atoms with Crippen molar-refractivity contribution in [1.29, 1.82) is 0 Å². The molecular weight excluding hydrogens is 394 g/mol. The Morgan fingerprint density at radius 1 is 1.06 bits per heavy atom. The number of hydrogen-bond acceptors (Lipinski definition) is 3. The van der Waals surface area contributed by atoms with Crippen LogP contribution in [0.2, 0.25) is 0 Å². The van der Waals surface area contributed by atoms with Crippen LogP contribution in [0.25, 0.3) is 5.70 Å². The molecule has 2 aromatic carbocycles. The molecule has 1 N–H and O–H groups in total. The molecule has 3 aromatic rings. The number of fused-ring (bicyclic) bond motifs is 1. The number of anilines is 1. The minimum atomic E-state index is 0.157. The Hall–Kier alpha value is -2.94. The van der Waals surface area contributed by atoms with E-state index < -0.39 is 0 Å². The van der Waals surface area contributed by atoms with Crippen molar-refractivity contribution in [3.8, 4) is 11.7 Å². The highest BCUT2D eigenvalue weighted by molar-refractivity contribution is 5.74. The van der Waals surface area contributed by atoms with E-state index in [4.69, 9.17) is 9.15 Å². The molecule has 0 amide bonds. The molecule has 0 radical (unpaired) electrons. The summed E-state index contributed by atoms with van der Waals surface area (Å²) in [4.78, 5) is 0. The quantitative estimate of drug-likeness (QED) is 0.427. The van der Waals surface area contributed by atoms with Crippen LogP contribution in [0.1, 0.15) is 68.6 Å². The number of hydrogen-bond donors (Lipinski definition) is 1. The molecular formula is C29H35NO2. The molecule has 1 heterocycles. The van der Waals surface area contributed by atoms with Crippen molar-refractivity contribution in [2.24, 2.45) is 11.8 Å². The van der Waals surface area contributed by atoms with Gasteiger partial charge in [-0.3, -0.25) is 0 Å². The number of aryl methyl sites for hydroxylation is 2. The first-order chi connectivity index (χ1) is 15.1. The SMILES string of the molecule is C=C(Nc1ccccc1C)c1ccc(Oc2cc3c(cc2C)C(C)(C)C(C)C3C(C)C)o1. The van der Waals surface area contributed by atoms with Crippen LogP contribution in [-0.2, 0) is 5.41 Å². The number of para-hydroxylation sites is 1. The van der Waals surface area contributed by atoms with Gasteiger partial charge in [0.05, 0.1) is 5.70 Å². The lowest BCUT2D eigenvalue weighted by molar-refractivity contribution is 0.285.